The monoisotopic (exact) mass is 516 g/mol. The number of anilines is 2. The Balaban J connectivity index is 2.30. The summed E-state index contributed by atoms with van der Waals surface area (Å²) in [5, 5.41) is 1.59. The Morgan fingerprint density at radius 2 is 1.56 bits per heavy atom. The molecule has 0 radical (unpaired) electrons. The first-order chi connectivity index (χ1) is 15.1. The van der Waals surface area contributed by atoms with Crippen LogP contribution in [0.4, 0.5) is 11.4 Å². The zero-order valence-corrected chi connectivity index (χ0v) is 20.7. The Labute approximate surface area is 197 Å². The molecular formula is C21H23Cl2N2O5PS. The number of nitrogen functional groups attached to an aromatic ring is 1. The van der Waals surface area contributed by atoms with Crippen molar-refractivity contribution in [3.63, 3.8) is 0 Å². The maximum Gasteiger partial charge on any atom is 0.350 e. The summed E-state index contributed by atoms with van der Waals surface area (Å²) in [5.74, 6) is 0. The molecule has 0 amide bonds. The smallest absolute Gasteiger partial charge is 0.350 e. The number of fused-ring (bicyclic) bond motifs is 1. The molecule has 172 valence electrons. The molecule has 0 saturated heterocycles. The Bertz CT molecular complexity index is 1260. The highest BCUT2D eigenvalue weighted by atomic mass is 35.5. The van der Waals surface area contributed by atoms with Crippen molar-refractivity contribution >= 4 is 63.0 Å². The van der Waals surface area contributed by atoms with Gasteiger partial charge in [0.15, 0.2) is 0 Å². The highest BCUT2D eigenvalue weighted by Gasteiger charge is 2.37. The van der Waals surface area contributed by atoms with Crippen molar-refractivity contribution in [1.82, 2.24) is 0 Å². The summed E-state index contributed by atoms with van der Waals surface area (Å²) in [5.41, 5.74) is 6.61. The second-order valence-electron chi connectivity index (χ2n) is 6.77. The third-order valence-electron chi connectivity index (χ3n) is 4.56. The van der Waals surface area contributed by atoms with Crippen molar-refractivity contribution in [3.8, 4) is 0 Å². The van der Waals surface area contributed by atoms with Gasteiger partial charge in [0.05, 0.1) is 29.5 Å². The summed E-state index contributed by atoms with van der Waals surface area (Å²) in [6, 6.07) is 14.5. The summed E-state index contributed by atoms with van der Waals surface area (Å²) >= 11 is 12.1. The number of hydrogen-bond donors (Lipinski definition) is 1. The molecule has 0 aromatic heterocycles. The van der Waals surface area contributed by atoms with Crippen LogP contribution in [0, 0.1) is 0 Å². The summed E-state index contributed by atoms with van der Waals surface area (Å²) in [6.45, 7) is 3.43. The van der Waals surface area contributed by atoms with Gasteiger partial charge in [0, 0.05) is 15.4 Å². The van der Waals surface area contributed by atoms with E-state index in [4.69, 9.17) is 38.0 Å². The molecule has 7 nitrogen and oxygen atoms in total. The molecular weight excluding hydrogens is 494 g/mol. The second kappa shape index (κ2) is 10.00. The van der Waals surface area contributed by atoms with Crippen molar-refractivity contribution in [2.75, 3.05) is 29.5 Å². The number of benzene rings is 3. The minimum absolute atomic E-state index is 0.0686. The molecule has 0 aliphatic heterocycles. The zero-order chi connectivity index (χ0) is 23.5. The number of halogens is 2. The first-order valence-electron chi connectivity index (χ1n) is 9.75. The van der Waals surface area contributed by atoms with Crippen LogP contribution in [0.5, 0.6) is 0 Å². The van der Waals surface area contributed by atoms with E-state index in [0.29, 0.717) is 5.39 Å². The predicted molar refractivity (Wildman–Crippen MR) is 130 cm³/mol. The van der Waals surface area contributed by atoms with Crippen LogP contribution >= 0.6 is 30.8 Å². The van der Waals surface area contributed by atoms with Crippen LogP contribution in [0.3, 0.4) is 0 Å². The van der Waals surface area contributed by atoms with Crippen molar-refractivity contribution in [2.45, 2.75) is 18.7 Å². The third kappa shape index (κ3) is 5.22. The number of nitrogens with zero attached hydrogens (tertiary/aromatic N) is 1. The maximum absolute atomic E-state index is 13.8. The van der Waals surface area contributed by atoms with Crippen molar-refractivity contribution in [3.05, 3.63) is 64.6 Å². The lowest BCUT2D eigenvalue weighted by atomic mass is 10.1. The van der Waals surface area contributed by atoms with E-state index in [1.165, 1.54) is 18.2 Å². The fourth-order valence-electron chi connectivity index (χ4n) is 3.29. The number of rotatable bonds is 9. The van der Waals surface area contributed by atoms with E-state index < -0.39 is 23.9 Å². The molecule has 0 saturated carbocycles. The molecule has 2 N–H and O–H groups in total. The fraction of sp³-hybridized carbons (Fsp3) is 0.238. The molecule has 0 aliphatic rings. The Hall–Kier alpha value is -1.80. The molecule has 0 spiro atoms. The minimum Gasteiger partial charge on any atom is -0.397 e. The third-order valence-corrected chi connectivity index (χ3v) is 8.84. The lowest BCUT2D eigenvalue weighted by molar-refractivity contribution is 0.221. The first kappa shape index (κ1) is 24.8. The standard InChI is InChI=1S/C21H23Cl2N2O5PS/c1-3-29-31(26,30-4-2)14-25(32(27,28)18-12-16(22)11-17(23)13-18)21-19-8-6-5-7-15(19)9-10-20(21)24/h5-13H,3-4,14,24H2,1-2H3. The summed E-state index contributed by atoms with van der Waals surface area (Å²) in [6.07, 6.45) is -0.584. The number of sulfonamides is 1. The number of nitrogens with two attached hydrogens (primary N) is 1. The molecule has 0 atom stereocenters. The molecule has 11 heteroatoms. The van der Waals surface area contributed by atoms with Gasteiger partial charge in [-0.15, -0.1) is 0 Å². The molecule has 0 fully saturated rings. The molecule has 0 aliphatic carbocycles. The Morgan fingerprint density at radius 1 is 0.969 bits per heavy atom. The van der Waals surface area contributed by atoms with E-state index in [1.807, 2.05) is 12.1 Å². The number of hydrogen-bond acceptors (Lipinski definition) is 6. The van der Waals surface area contributed by atoms with Crippen molar-refractivity contribution in [2.24, 2.45) is 0 Å². The zero-order valence-electron chi connectivity index (χ0n) is 17.5. The first-order valence-corrected chi connectivity index (χ1v) is 13.7. The van der Waals surface area contributed by atoms with Gasteiger partial charge in [-0.1, -0.05) is 53.5 Å². The highest BCUT2D eigenvalue weighted by molar-refractivity contribution is 7.93. The van der Waals surface area contributed by atoms with E-state index in [0.717, 1.165) is 9.69 Å². The van der Waals surface area contributed by atoms with Crippen LogP contribution in [-0.2, 0) is 23.6 Å². The largest absolute Gasteiger partial charge is 0.397 e. The quantitative estimate of drug-likeness (QED) is 0.270. The van der Waals surface area contributed by atoms with Crippen LogP contribution in [0.25, 0.3) is 10.8 Å². The van der Waals surface area contributed by atoms with E-state index in [1.54, 1.807) is 38.1 Å². The molecule has 3 aromatic carbocycles. The Kier molecular flexibility index (Phi) is 7.76. The Morgan fingerprint density at radius 3 is 2.16 bits per heavy atom. The minimum atomic E-state index is -4.33. The van der Waals surface area contributed by atoms with Gasteiger partial charge < -0.3 is 14.8 Å². The van der Waals surface area contributed by atoms with Crippen molar-refractivity contribution < 1.29 is 22.0 Å². The van der Waals surface area contributed by atoms with E-state index in [-0.39, 0.29) is 39.5 Å². The maximum atomic E-state index is 13.8. The average molecular weight is 517 g/mol. The van der Waals surface area contributed by atoms with E-state index in [2.05, 4.69) is 0 Å². The lowest BCUT2D eigenvalue weighted by Crippen LogP contribution is -2.33. The SMILES string of the molecule is CCOP(=O)(CN(c1c(N)ccc2ccccc12)S(=O)(=O)c1cc(Cl)cc(Cl)c1)OCC. The van der Waals surface area contributed by atoms with Gasteiger partial charge in [0.2, 0.25) is 0 Å². The average Bonchev–Trinajstić information content (AvgIpc) is 2.72. The van der Waals surface area contributed by atoms with Crippen LogP contribution in [0.1, 0.15) is 13.8 Å². The summed E-state index contributed by atoms with van der Waals surface area (Å²) in [4.78, 5) is -0.179. The van der Waals surface area contributed by atoms with Gasteiger partial charge in [-0.2, -0.15) is 0 Å². The highest BCUT2D eigenvalue weighted by Crippen LogP contribution is 2.51. The van der Waals surface area contributed by atoms with Gasteiger partial charge in [-0.05, 0) is 43.5 Å². The van der Waals surface area contributed by atoms with Crippen molar-refractivity contribution in [1.29, 1.82) is 0 Å². The molecule has 32 heavy (non-hydrogen) atoms. The van der Waals surface area contributed by atoms with Gasteiger partial charge in [0.25, 0.3) is 10.0 Å². The molecule has 3 rings (SSSR count). The van der Waals surface area contributed by atoms with E-state index >= 15 is 0 Å². The molecule has 0 heterocycles. The summed E-state index contributed by atoms with van der Waals surface area (Å²) in [7, 11) is -8.18. The van der Waals surface area contributed by atoms with E-state index in [9.17, 15) is 13.0 Å². The van der Waals surface area contributed by atoms with Gasteiger partial charge in [-0.3, -0.25) is 8.87 Å². The van der Waals surface area contributed by atoms with Crippen LogP contribution < -0.4 is 10.0 Å². The normalized spacial score (nSPS) is 12.2. The van der Waals surface area contributed by atoms with Crippen LogP contribution in [-0.4, -0.2) is 27.9 Å². The topological polar surface area (TPSA) is 98.9 Å². The lowest BCUT2D eigenvalue weighted by Gasteiger charge is -2.30. The molecule has 0 bridgehead atoms. The summed E-state index contributed by atoms with van der Waals surface area (Å²) < 4.78 is 52.8. The fourth-order valence-corrected chi connectivity index (χ4v) is 7.71. The molecule has 0 unspecified atom stereocenters. The molecule has 3 aromatic rings. The second-order valence-corrected chi connectivity index (χ2v) is 11.5. The van der Waals surface area contributed by atoms with Gasteiger partial charge >= 0.3 is 7.60 Å². The van der Waals surface area contributed by atoms with Gasteiger partial charge in [-0.25, -0.2) is 8.42 Å². The van der Waals surface area contributed by atoms with Crippen LogP contribution in [0.15, 0.2) is 59.5 Å². The van der Waals surface area contributed by atoms with Crippen LogP contribution in [0.2, 0.25) is 10.0 Å². The predicted octanol–water partition coefficient (Wildman–Crippen LogP) is 6.15. The van der Waals surface area contributed by atoms with Gasteiger partial charge in [0.1, 0.15) is 6.29 Å².